The molecule has 3 atom stereocenters. The number of hydrogen-bond acceptors (Lipinski definition) is 2. The van der Waals surface area contributed by atoms with Crippen molar-refractivity contribution in [2.45, 2.75) is 32.1 Å². The fraction of sp³-hybridized carbons (Fsp3) is 0.923. The van der Waals surface area contributed by atoms with Gasteiger partial charge in [0.05, 0.1) is 0 Å². The average Bonchev–Trinajstić information content (AvgIpc) is 2.76. The van der Waals surface area contributed by atoms with Crippen LogP contribution in [0.4, 0.5) is 0 Å². The van der Waals surface area contributed by atoms with Crippen LogP contribution in [0.25, 0.3) is 0 Å². The molecule has 2 saturated carbocycles. The van der Waals surface area contributed by atoms with Crippen molar-refractivity contribution in [1.29, 1.82) is 0 Å². The highest BCUT2D eigenvalue weighted by Crippen LogP contribution is 2.49. The summed E-state index contributed by atoms with van der Waals surface area (Å²) in [4.78, 5) is 11.8. The first kappa shape index (κ1) is 13.2. The molecule has 1 saturated heterocycles. The fourth-order valence-electron chi connectivity index (χ4n) is 3.69. The number of halogens is 1. The molecule has 2 N–H and O–H groups in total. The third-order valence-electron chi connectivity index (χ3n) is 4.79. The van der Waals surface area contributed by atoms with Gasteiger partial charge in [0.2, 0.25) is 5.91 Å². The van der Waals surface area contributed by atoms with Gasteiger partial charge in [-0.15, -0.1) is 12.4 Å². The second-order valence-electron chi connectivity index (χ2n) is 5.97. The minimum Gasteiger partial charge on any atom is -0.356 e. The zero-order valence-electron chi connectivity index (χ0n) is 10.3. The maximum absolute atomic E-state index is 11.8. The number of rotatable bonds is 4. The highest BCUT2D eigenvalue weighted by atomic mass is 35.5. The van der Waals surface area contributed by atoms with Crippen molar-refractivity contribution in [1.82, 2.24) is 10.6 Å². The van der Waals surface area contributed by atoms with Crippen LogP contribution < -0.4 is 10.6 Å². The SMILES string of the molecule is Cl.O=C(CC1CC2CCC1C2)NCC1CNC1. The van der Waals surface area contributed by atoms with Crippen molar-refractivity contribution < 1.29 is 4.79 Å². The first-order chi connectivity index (χ1) is 7.81. The predicted octanol–water partition coefficient (Wildman–Crippen LogP) is 1.57. The summed E-state index contributed by atoms with van der Waals surface area (Å²) in [7, 11) is 0. The van der Waals surface area contributed by atoms with Gasteiger partial charge in [0, 0.05) is 32.0 Å². The van der Waals surface area contributed by atoms with E-state index in [1.54, 1.807) is 0 Å². The molecule has 1 aliphatic heterocycles. The lowest BCUT2D eigenvalue weighted by atomic mass is 9.86. The monoisotopic (exact) mass is 258 g/mol. The van der Waals surface area contributed by atoms with E-state index < -0.39 is 0 Å². The van der Waals surface area contributed by atoms with Crippen LogP contribution in [0.1, 0.15) is 32.1 Å². The van der Waals surface area contributed by atoms with Gasteiger partial charge in [-0.25, -0.2) is 0 Å². The topological polar surface area (TPSA) is 41.1 Å². The molecule has 0 aromatic heterocycles. The van der Waals surface area contributed by atoms with E-state index in [1.165, 1.54) is 25.7 Å². The molecule has 3 aliphatic rings. The third-order valence-corrected chi connectivity index (χ3v) is 4.79. The van der Waals surface area contributed by atoms with E-state index in [4.69, 9.17) is 0 Å². The molecule has 3 rings (SSSR count). The molecule has 0 spiro atoms. The van der Waals surface area contributed by atoms with E-state index in [1.807, 2.05) is 0 Å². The largest absolute Gasteiger partial charge is 0.356 e. The lowest BCUT2D eigenvalue weighted by Gasteiger charge is -2.27. The fourth-order valence-corrected chi connectivity index (χ4v) is 3.69. The van der Waals surface area contributed by atoms with Crippen LogP contribution in [0.5, 0.6) is 0 Å². The zero-order chi connectivity index (χ0) is 11.0. The molecule has 1 amide bonds. The molecule has 4 heteroatoms. The Morgan fingerprint density at radius 1 is 1.24 bits per heavy atom. The molecule has 0 aromatic carbocycles. The van der Waals surface area contributed by atoms with E-state index in [0.717, 1.165) is 37.9 Å². The smallest absolute Gasteiger partial charge is 0.220 e. The highest BCUT2D eigenvalue weighted by molar-refractivity contribution is 5.85. The van der Waals surface area contributed by atoms with Gasteiger partial charge in [0.1, 0.15) is 0 Å². The van der Waals surface area contributed by atoms with Crippen LogP contribution in [0, 0.1) is 23.7 Å². The van der Waals surface area contributed by atoms with Crippen LogP contribution in [-0.2, 0) is 4.79 Å². The molecule has 0 aromatic rings. The number of carbonyl (C=O) groups is 1. The molecule has 2 aliphatic carbocycles. The van der Waals surface area contributed by atoms with Crippen molar-refractivity contribution in [2.75, 3.05) is 19.6 Å². The van der Waals surface area contributed by atoms with Gasteiger partial charge in [0.15, 0.2) is 0 Å². The first-order valence-corrected chi connectivity index (χ1v) is 6.78. The molecule has 2 bridgehead atoms. The van der Waals surface area contributed by atoms with Gasteiger partial charge in [-0.05, 0) is 37.0 Å². The number of carbonyl (C=O) groups excluding carboxylic acids is 1. The van der Waals surface area contributed by atoms with E-state index in [9.17, 15) is 4.79 Å². The number of hydrogen-bond donors (Lipinski definition) is 2. The van der Waals surface area contributed by atoms with Crippen LogP contribution in [0.2, 0.25) is 0 Å². The first-order valence-electron chi connectivity index (χ1n) is 6.78. The number of nitrogens with one attached hydrogen (secondary N) is 2. The summed E-state index contributed by atoms with van der Waals surface area (Å²) in [5.41, 5.74) is 0. The molecule has 0 radical (unpaired) electrons. The highest BCUT2D eigenvalue weighted by Gasteiger charge is 2.40. The summed E-state index contributed by atoms with van der Waals surface area (Å²) in [5, 5.41) is 6.32. The number of amides is 1. The van der Waals surface area contributed by atoms with Gasteiger partial charge in [-0.1, -0.05) is 6.42 Å². The Bertz CT molecular complexity index is 281. The van der Waals surface area contributed by atoms with Crippen molar-refractivity contribution >= 4 is 18.3 Å². The second-order valence-corrected chi connectivity index (χ2v) is 5.97. The minimum atomic E-state index is 0. The third kappa shape index (κ3) is 2.94. The predicted molar refractivity (Wildman–Crippen MR) is 70.2 cm³/mol. The Morgan fingerprint density at radius 3 is 2.59 bits per heavy atom. The second kappa shape index (κ2) is 5.57. The Kier molecular flexibility index (Phi) is 4.31. The molecule has 98 valence electrons. The maximum Gasteiger partial charge on any atom is 0.220 e. The van der Waals surface area contributed by atoms with Crippen LogP contribution >= 0.6 is 12.4 Å². The van der Waals surface area contributed by atoms with Crippen molar-refractivity contribution in [3.8, 4) is 0 Å². The maximum atomic E-state index is 11.8. The molecule has 17 heavy (non-hydrogen) atoms. The summed E-state index contributed by atoms with van der Waals surface area (Å²) in [5.74, 6) is 3.52. The molecular weight excluding hydrogens is 236 g/mol. The normalized spacial score (nSPS) is 35.2. The van der Waals surface area contributed by atoms with Gasteiger partial charge in [-0.3, -0.25) is 4.79 Å². The Labute approximate surface area is 110 Å². The molecular formula is C13H23ClN2O. The average molecular weight is 259 g/mol. The van der Waals surface area contributed by atoms with E-state index >= 15 is 0 Å². The molecule has 1 heterocycles. The quantitative estimate of drug-likeness (QED) is 0.804. The van der Waals surface area contributed by atoms with Gasteiger partial charge >= 0.3 is 0 Å². The van der Waals surface area contributed by atoms with Gasteiger partial charge in [-0.2, -0.15) is 0 Å². The summed E-state index contributed by atoms with van der Waals surface area (Å²) < 4.78 is 0. The zero-order valence-corrected chi connectivity index (χ0v) is 11.1. The Morgan fingerprint density at radius 2 is 2.06 bits per heavy atom. The van der Waals surface area contributed by atoms with E-state index in [-0.39, 0.29) is 12.4 Å². The molecule has 3 nitrogen and oxygen atoms in total. The number of fused-ring (bicyclic) bond motifs is 2. The van der Waals surface area contributed by atoms with Crippen LogP contribution in [-0.4, -0.2) is 25.5 Å². The summed E-state index contributed by atoms with van der Waals surface area (Å²) in [6.07, 6.45) is 6.33. The lowest BCUT2D eigenvalue weighted by Crippen LogP contribution is -2.48. The standard InChI is InChI=1S/C13H22N2O.ClH/c16-13(15-8-10-6-14-7-10)5-12-4-9-1-2-11(12)3-9;/h9-12,14H,1-8H2,(H,15,16);1H. The lowest BCUT2D eigenvalue weighted by molar-refractivity contribution is -0.122. The Balaban J connectivity index is 0.00000108. The summed E-state index contributed by atoms with van der Waals surface area (Å²) >= 11 is 0. The van der Waals surface area contributed by atoms with E-state index in [2.05, 4.69) is 10.6 Å². The van der Waals surface area contributed by atoms with Crippen molar-refractivity contribution in [2.24, 2.45) is 23.7 Å². The molecule has 3 unspecified atom stereocenters. The minimum absolute atomic E-state index is 0. The van der Waals surface area contributed by atoms with Gasteiger partial charge in [0.25, 0.3) is 0 Å². The summed E-state index contributed by atoms with van der Waals surface area (Å²) in [6, 6.07) is 0. The Hall–Kier alpha value is -0.280. The van der Waals surface area contributed by atoms with Crippen molar-refractivity contribution in [3.05, 3.63) is 0 Å². The molecule has 3 fully saturated rings. The van der Waals surface area contributed by atoms with Crippen molar-refractivity contribution in [3.63, 3.8) is 0 Å². The van der Waals surface area contributed by atoms with Gasteiger partial charge < -0.3 is 10.6 Å². The van der Waals surface area contributed by atoms with Crippen LogP contribution in [0.3, 0.4) is 0 Å². The van der Waals surface area contributed by atoms with E-state index in [0.29, 0.717) is 17.7 Å². The summed E-state index contributed by atoms with van der Waals surface area (Å²) in [6.45, 7) is 3.04. The van der Waals surface area contributed by atoms with Crippen LogP contribution in [0.15, 0.2) is 0 Å².